The second-order valence-corrected chi connectivity index (χ2v) is 4.88. The molecule has 0 aliphatic carbocycles. The predicted octanol–water partition coefficient (Wildman–Crippen LogP) is 2.29. The van der Waals surface area contributed by atoms with Gasteiger partial charge in [0, 0.05) is 37.1 Å². The summed E-state index contributed by atoms with van der Waals surface area (Å²) in [4.78, 5) is 11.9. The van der Waals surface area contributed by atoms with Crippen molar-refractivity contribution in [3.63, 3.8) is 0 Å². The van der Waals surface area contributed by atoms with E-state index < -0.39 is 0 Å². The second kappa shape index (κ2) is 6.52. The van der Waals surface area contributed by atoms with Gasteiger partial charge in [-0.15, -0.1) is 0 Å². The molecule has 1 aromatic heterocycles. The first-order valence-corrected chi connectivity index (χ1v) is 7.23. The van der Waals surface area contributed by atoms with E-state index in [-0.39, 0.29) is 5.91 Å². The first kappa shape index (κ1) is 13.8. The standard InChI is InChI=1S/C14H16BrN3O/c1-18-9-7-13(17-18)6-8-16-14(19)12-4-2-11(10-15)3-5-12/h2-5,7,9H,6,8,10H2,1H3,(H,16,19). The zero-order chi connectivity index (χ0) is 13.7. The average Bonchev–Trinajstić information content (AvgIpc) is 2.84. The summed E-state index contributed by atoms with van der Waals surface area (Å²) in [5, 5.41) is 7.96. The smallest absolute Gasteiger partial charge is 0.251 e. The lowest BCUT2D eigenvalue weighted by Crippen LogP contribution is -2.25. The van der Waals surface area contributed by atoms with Gasteiger partial charge in [0.25, 0.3) is 5.91 Å². The fourth-order valence-corrected chi connectivity index (χ4v) is 2.12. The van der Waals surface area contributed by atoms with Crippen molar-refractivity contribution in [2.75, 3.05) is 6.54 Å². The SMILES string of the molecule is Cn1ccc(CCNC(=O)c2ccc(CBr)cc2)n1. The van der Waals surface area contributed by atoms with Gasteiger partial charge in [-0.05, 0) is 23.8 Å². The quantitative estimate of drug-likeness (QED) is 0.859. The first-order valence-electron chi connectivity index (χ1n) is 6.10. The minimum Gasteiger partial charge on any atom is -0.352 e. The number of carbonyl (C=O) groups is 1. The zero-order valence-electron chi connectivity index (χ0n) is 10.8. The van der Waals surface area contributed by atoms with E-state index >= 15 is 0 Å². The van der Waals surface area contributed by atoms with Gasteiger partial charge in [0.05, 0.1) is 5.69 Å². The van der Waals surface area contributed by atoms with E-state index in [0.717, 1.165) is 23.0 Å². The van der Waals surface area contributed by atoms with Gasteiger partial charge < -0.3 is 5.32 Å². The second-order valence-electron chi connectivity index (χ2n) is 4.32. The summed E-state index contributed by atoms with van der Waals surface area (Å²) in [5.74, 6) is -0.0444. The molecule has 5 heteroatoms. The van der Waals surface area contributed by atoms with E-state index in [2.05, 4.69) is 26.3 Å². The normalized spacial score (nSPS) is 10.4. The summed E-state index contributed by atoms with van der Waals surface area (Å²) in [6, 6.07) is 9.53. The van der Waals surface area contributed by atoms with Crippen LogP contribution >= 0.6 is 15.9 Å². The number of benzene rings is 1. The topological polar surface area (TPSA) is 46.9 Å². The molecule has 0 aliphatic heterocycles. The lowest BCUT2D eigenvalue weighted by Gasteiger charge is -2.04. The van der Waals surface area contributed by atoms with Crippen molar-refractivity contribution >= 4 is 21.8 Å². The lowest BCUT2D eigenvalue weighted by atomic mass is 10.1. The maximum Gasteiger partial charge on any atom is 0.251 e. The Morgan fingerprint density at radius 1 is 1.32 bits per heavy atom. The zero-order valence-corrected chi connectivity index (χ0v) is 12.4. The molecule has 0 fully saturated rings. The van der Waals surface area contributed by atoms with Crippen LogP contribution in [0.5, 0.6) is 0 Å². The van der Waals surface area contributed by atoms with Crippen LogP contribution in [-0.2, 0) is 18.8 Å². The fraction of sp³-hybridized carbons (Fsp3) is 0.286. The van der Waals surface area contributed by atoms with E-state index in [4.69, 9.17) is 0 Å². The number of nitrogens with zero attached hydrogens (tertiary/aromatic N) is 2. The Morgan fingerprint density at radius 2 is 2.05 bits per heavy atom. The van der Waals surface area contributed by atoms with Gasteiger partial charge in [0.2, 0.25) is 0 Å². The molecule has 1 N–H and O–H groups in total. The van der Waals surface area contributed by atoms with Crippen LogP contribution in [0, 0.1) is 0 Å². The highest BCUT2D eigenvalue weighted by Crippen LogP contribution is 2.07. The van der Waals surface area contributed by atoms with Gasteiger partial charge in [-0.3, -0.25) is 9.48 Å². The number of halogens is 1. The third-order valence-corrected chi connectivity index (χ3v) is 3.45. The highest BCUT2D eigenvalue weighted by Gasteiger charge is 2.05. The maximum atomic E-state index is 11.9. The van der Waals surface area contributed by atoms with Crippen LogP contribution in [0.2, 0.25) is 0 Å². The Morgan fingerprint density at radius 3 is 2.63 bits per heavy atom. The third kappa shape index (κ3) is 3.92. The maximum absolute atomic E-state index is 11.9. The molecule has 0 aliphatic rings. The first-order chi connectivity index (χ1) is 9.19. The highest BCUT2D eigenvalue weighted by molar-refractivity contribution is 9.08. The van der Waals surface area contributed by atoms with Crippen LogP contribution in [-0.4, -0.2) is 22.2 Å². The van der Waals surface area contributed by atoms with Crippen molar-refractivity contribution < 1.29 is 4.79 Å². The van der Waals surface area contributed by atoms with E-state index in [1.807, 2.05) is 43.6 Å². The Kier molecular flexibility index (Phi) is 4.74. The molecule has 0 saturated carbocycles. The molecule has 0 saturated heterocycles. The third-order valence-electron chi connectivity index (χ3n) is 2.81. The Balaban J connectivity index is 1.83. The number of alkyl halides is 1. The van der Waals surface area contributed by atoms with Gasteiger partial charge >= 0.3 is 0 Å². The van der Waals surface area contributed by atoms with E-state index in [1.54, 1.807) is 4.68 Å². The minimum atomic E-state index is -0.0444. The number of carbonyl (C=O) groups excluding carboxylic acids is 1. The van der Waals surface area contributed by atoms with Gasteiger partial charge in [-0.2, -0.15) is 5.10 Å². The molecule has 0 bridgehead atoms. The molecular formula is C14H16BrN3O. The number of aromatic nitrogens is 2. The number of amides is 1. The summed E-state index contributed by atoms with van der Waals surface area (Å²) >= 11 is 3.38. The minimum absolute atomic E-state index is 0.0444. The Hall–Kier alpha value is -1.62. The van der Waals surface area contributed by atoms with Crippen molar-refractivity contribution in [2.24, 2.45) is 7.05 Å². The average molecular weight is 322 g/mol. The van der Waals surface area contributed by atoms with Gasteiger partial charge in [-0.1, -0.05) is 28.1 Å². The number of nitrogens with one attached hydrogen (secondary N) is 1. The Bertz CT molecular complexity index is 548. The molecule has 2 rings (SSSR count). The summed E-state index contributed by atoms with van der Waals surface area (Å²) in [5.41, 5.74) is 2.83. The summed E-state index contributed by atoms with van der Waals surface area (Å²) in [7, 11) is 1.88. The lowest BCUT2D eigenvalue weighted by molar-refractivity contribution is 0.0954. The van der Waals surface area contributed by atoms with Gasteiger partial charge in [-0.25, -0.2) is 0 Å². The molecular weight excluding hydrogens is 306 g/mol. The number of hydrogen-bond acceptors (Lipinski definition) is 2. The molecule has 0 unspecified atom stereocenters. The number of aryl methyl sites for hydroxylation is 1. The molecule has 0 spiro atoms. The van der Waals surface area contributed by atoms with Crippen LogP contribution in [0.4, 0.5) is 0 Å². The number of rotatable bonds is 5. The molecule has 1 amide bonds. The van der Waals surface area contributed by atoms with Crippen LogP contribution in [0.1, 0.15) is 21.6 Å². The number of hydrogen-bond donors (Lipinski definition) is 1. The molecule has 1 heterocycles. The molecule has 0 radical (unpaired) electrons. The van der Waals surface area contributed by atoms with Crippen LogP contribution < -0.4 is 5.32 Å². The molecule has 2 aromatic rings. The fourth-order valence-electron chi connectivity index (χ4n) is 1.75. The largest absolute Gasteiger partial charge is 0.352 e. The monoisotopic (exact) mass is 321 g/mol. The van der Waals surface area contributed by atoms with Crippen molar-refractivity contribution in [1.29, 1.82) is 0 Å². The summed E-state index contributed by atoms with van der Waals surface area (Å²) in [6.07, 6.45) is 2.64. The van der Waals surface area contributed by atoms with E-state index in [0.29, 0.717) is 12.1 Å². The highest BCUT2D eigenvalue weighted by atomic mass is 79.9. The van der Waals surface area contributed by atoms with Crippen LogP contribution in [0.15, 0.2) is 36.5 Å². The Labute approximate surface area is 120 Å². The summed E-state index contributed by atoms with van der Waals surface area (Å²) < 4.78 is 1.76. The van der Waals surface area contributed by atoms with Crippen molar-refractivity contribution in [3.05, 3.63) is 53.3 Å². The predicted molar refractivity (Wildman–Crippen MR) is 78.3 cm³/mol. The van der Waals surface area contributed by atoms with Crippen LogP contribution in [0.3, 0.4) is 0 Å². The molecule has 0 atom stereocenters. The van der Waals surface area contributed by atoms with Crippen molar-refractivity contribution in [1.82, 2.24) is 15.1 Å². The van der Waals surface area contributed by atoms with Gasteiger partial charge in [0.1, 0.15) is 0 Å². The molecule has 4 nitrogen and oxygen atoms in total. The van der Waals surface area contributed by atoms with Gasteiger partial charge in [0.15, 0.2) is 0 Å². The van der Waals surface area contributed by atoms with Crippen molar-refractivity contribution in [2.45, 2.75) is 11.8 Å². The molecule has 19 heavy (non-hydrogen) atoms. The summed E-state index contributed by atoms with van der Waals surface area (Å²) in [6.45, 7) is 0.593. The molecule has 1 aromatic carbocycles. The molecule has 100 valence electrons. The van der Waals surface area contributed by atoms with Crippen LogP contribution in [0.25, 0.3) is 0 Å². The van der Waals surface area contributed by atoms with Crippen molar-refractivity contribution in [3.8, 4) is 0 Å². The van der Waals surface area contributed by atoms with E-state index in [1.165, 1.54) is 0 Å². The van der Waals surface area contributed by atoms with E-state index in [9.17, 15) is 4.79 Å².